The van der Waals surface area contributed by atoms with Crippen LogP contribution in [0.25, 0.3) is 0 Å². The zero-order valence-corrected chi connectivity index (χ0v) is 15.9. The summed E-state index contributed by atoms with van der Waals surface area (Å²) in [7, 11) is 0. The second-order valence-electron chi connectivity index (χ2n) is 6.33. The van der Waals surface area contributed by atoms with Crippen LogP contribution >= 0.6 is 0 Å². The standard InChI is InChI=1S/2C6H7.2CH3.Hf.H2Si/c2*1-6-4-2-3-5-6;;;;/h2*4-5H,2H2,1H3;2*1H3;;1H2. The van der Waals surface area contributed by atoms with Crippen molar-refractivity contribution in [3.8, 4) is 0 Å². The molecule has 0 aromatic heterocycles. The molecule has 0 aromatic rings. The second-order valence-corrected chi connectivity index (χ2v) is 47.6. The average Bonchev–Trinajstić information content (AvgIpc) is 2.73. The molecule has 0 N–H and O–H groups in total. The molecule has 0 unspecified atom stereocenters. The Labute approximate surface area is 102 Å². The van der Waals surface area contributed by atoms with E-state index in [2.05, 4.69) is 54.5 Å². The summed E-state index contributed by atoms with van der Waals surface area (Å²) in [6.45, 7) is 6.81. The van der Waals surface area contributed by atoms with Crippen LogP contribution in [0.2, 0.25) is 9.36 Å². The quantitative estimate of drug-likeness (QED) is 0.623. The summed E-state index contributed by atoms with van der Waals surface area (Å²) >= 11 is -2.83. The third kappa shape index (κ3) is 2.06. The van der Waals surface area contributed by atoms with Gasteiger partial charge in [-0.1, -0.05) is 0 Å². The van der Waals surface area contributed by atoms with Gasteiger partial charge in [0.2, 0.25) is 0 Å². The van der Waals surface area contributed by atoms with Crippen LogP contribution in [0.1, 0.15) is 26.7 Å². The van der Waals surface area contributed by atoms with Gasteiger partial charge in [0.15, 0.2) is 0 Å². The van der Waals surface area contributed by atoms with Crippen LogP contribution in [-0.4, -0.2) is 6.94 Å². The predicted octanol–water partition coefficient (Wildman–Crippen LogP) is 3.79. The van der Waals surface area contributed by atoms with Crippen molar-refractivity contribution in [3.05, 3.63) is 42.1 Å². The van der Waals surface area contributed by atoms with E-state index in [9.17, 15) is 0 Å². The number of rotatable bonds is 2. The van der Waals surface area contributed by atoms with E-state index in [-0.39, 0.29) is 0 Å². The van der Waals surface area contributed by atoms with Crippen molar-refractivity contribution in [3.63, 3.8) is 0 Å². The fourth-order valence-electron chi connectivity index (χ4n) is 2.65. The second kappa shape index (κ2) is 3.77. The van der Waals surface area contributed by atoms with Gasteiger partial charge in [0.05, 0.1) is 0 Å². The van der Waals surface area contributed by atoms with Crippen molar-refractivity contribution in [2.75, 3.05) is 0 Å². The van der Waals surface area contributed by atoms with Crippen LogP contribution in [0.15, 0.2) is 42.1 Å². The van der Waals surface area contributed by atoms with Crippen molar-refractivity contribution in [1.82, 2.24) is 0 Å². The van der Waals surface area contributed by atoms with E-state index in [1.807, 2.05) is 0 Å². The van der Waals surface area contributed by atoms with Gasteiger partial charge in [-0.2, -0.15) is 0 Å². The van der Waals surface area contributed by atoms with Gasteiger partial charge >= 0.3 is 102 Å². The molecule has 0 saturated carbocycles. The van der Waals surface area contributed by atoms with Crippen LogP contribution in [0, 0.1) is 0 Å². The van der Waals surface area contributed by atoms with Gasteiger partial charge < -0.3 is 0 Å². The minimum absolute atomic E-state index is 1.22. The Morgan fingerprint density at radius 2 is 1.31 bits per heavy atom. The fourth-order valence-corrected chi connectivity index (χ4v) is 18.6. The van der Waals surface area contributed by atoms with E-state index in [0.717, 1.165) is 0 Å². The Hall–Kier alpha value is 0.0470. The van der Waals surface area contributed by atoms with Crippen molar-refractivity contribution < 1.29 is 17.1 Å². The van der Waals surface area contributed by atoms with Gasteiger partial charge in [-0.3, -0.25) is 0 Å². The van der Waals surface area contributed by atoms with Crippen molar-refractivity contribution in [2.24, 2.45) is 0 Å². The van der Waals surface area contributed by atoms with Gasteiger partial charge in [-0.25, -0.2) is 0 Å². The number of hydrogen-bond donors (Lipinski definition) is 0. The molecule has 0 nitrogen and oxygen atoms in total. The maximum absolute atomic E-state index is 2.83. The molecule has 0 aliphatic heterocycles. The van der Waals surface area contributed by atoms with Crippen molar-refractivity contribution in [1.29, 1.82) is 0 Å². The molecule has 0 atom stereocenters. The molecule has 0 spiro atoms. The molecule has 2 aliphatic carbocycles. The molecule has 0 radical (unpaired) electrons. The van der Waals surface area contributed by atoms with Crippen LogP contribution in [0.5, 0.6) is 0 Å². The van der Waals surface area contributed by atoms with E-state index in [1.54, 1.807) is 6.66 Å². The topological polar surface area (TPSA) is 0 Å². The van der Waals surface area contributed by atoms with Crippen LogP contribution in [0.4, 0.5) is 0 Å². The average molecular weight is 397 g/mol. The molecule has 0 saturated heterocycles. The normalized spacial score (nSPS) is 21.6. The van der Waals surface area contributed by atoms with Crippen LogP contribution in [0.3, 0.4) is 0 Å². The fraction of sp³-hybridized carbons (Fsp3) is 0.429. The summed E-state index contributed by atoms with van der Waals surface area (Å²) in [5, 5.41) is 0. The van der Waals surface area contributed by atoms with Gasteiger partial charge in [-0.15, -0.1) is 0 Å². The molecule has 0 amide bonds. The first-order valence-electron chi connectivity index (χ1n) is 6.11. The molecule has 16 heavy (non-hydrogen) atoms. The molecule has 86 valence electrons. The van der Waals surface area contributed by atoms with Gasteiger partial charge in [0, 0.05) is 0 Å². The van der Waals surface area contributed by atoms with Gasteiger partial charge in [-0.05, 0) is 0 Å². The SMILES string of the molecule is CC1=CC[C]([Hf]([CH3])([CH3])(=[SiH2])[C]2=CC(C)=CC2)=C1. The first-order valence-corrected chi connectivity index (χ1v) is 25.2. The Balaban J connectivity index is 2.42. The molecule has 2 aliphatic rings. The monoisotopic (exact) mass is 398 g/mol. The van der Waals surface area contributed by atoms with E-state index in [4.69, 9.17) is 0 Å². The van der Waals surface area contributed by atoms with Crippen molar-refractivity contribution in [2.45, 2.75) is 36.0 Å². The summed E-state index contributed by atoms with van der Waals surface area (Å²) in [4.78, 5) is 0. The summed E-state index contributed by atoms with van der Waals surface area (Å²) in [6.07, 6.45) is 12.2. The number of hydrogen-bond acceptors (Lipinski definition) is 0. The number of allylic oxidation sites excluding steroid dienone is 8. The van der Waals surface area contributed by atoms with Crippen LogP contribution < -0.4 is 0 Å². The third-order valence-electron chi connectivity index (χ3n) is 4.15. The molecule has 2 rings (SSSR count). The Morgan fingerprint density at radius 3 is 1.56 bits per heavy atom. The zero-order chi connectivity index (χ0) is 12.0. The first kappa shape index (κ1) is 12.5. The zero-order valence-electron chi connectivity index (χ0n) is 10.9. The molecule has 0 bridgehead atoms. The molecule has 2 heteroatoms. The summed E-state index contributed by atoms with van der Waals surface area (Å²) in [5.74, 6) is 0. The Bertz CT molecular complexity index is 479. The van der Waals surface area contributed by atoms with Crippen LogP contribution in [-0.2, 0) is 17.1 Å². The molecular weight excluding hydrogens is 375 g/mol. The van der Waals surface area contributed by atoms with E-state index in [0.29, 0.717) is 0 Å². The summed E-state index contributed by atoms with van der Waals surface area (Å²) < 4.78 is 8.77. The van der Waals surface area contributed by atoms with Crippen molar-refractivity contribution >= 4 is 6.94 Å². The van der Waals surface area contributed by atoms with E-state index in [1.165, 1.54) is 24.0 Å². The maximum atomic E-state index is 2.60. The minimum atomic E-state index is -2.83. The molecule has 0 heterocycles. The Kier molecular flexibility index (Phi) is 2.95. The molecular formula is C14H22HfSi. The molecule has 0 aromatic carbocycles. The summed E-state index contributed by atoms with van der Waals surface area (Å²) in [5.41, 5.74) is 2.94. The third-order valence-corrected chi connectivity index (χ3v) is 28.9. The molecule has 0 fully saturated rings. The first-order chi connectivity index (χ1) is 7.28. The van der Waals surface area contributed by atoms with Gasteiger partial charge in [0.25, 0.3) is 0 Å². The van der Waals surface area contributed by atoms with E-state index < -0.39 is 17.1 Å². The Morgan fingerprint density at radius 1 is 0.938 bits per heavy atom. The van der Waals surface area contributed by atoms with E-state index >= 15 is 0 Å². The summed E-state index contributed by atoms with van der Waals surface area (Å²) in [6, 6.07) is 0. The van der Waals surface area contributed by atoms with Gasteiger partial charge in [0.1, 0.15) is 0 Å². The predicted molar refractivity (Wildman–Crippen MR) is 73.2 cm³/mol.